The second-order valence-electron chi connectivity index (χ2n) is 7.22. The second-order valence-corrected chi connectivity index (χ2v) is 7.22. The van der Waals surface area contributed by atoms with Crippen LogP contribution in [0.2, 0.25) is 0 Å². The van der Waals surface area contributed by atoms with Crippen molar-refractivity contribution in [2.24, 2.45) is 0 Å². The van der Waals surface area contributed by atoms with E-state index in [0.717, 1.165) is 23.3 Å². The Balaban J connectivity index is 1.87. The first-order chi connectivity index (χ1) is 15.3. The molecule has 0 atom stereocenters. The fourth-order valence-electron chi connectivity index (χ4n) is 3.38. The van der Waals surface area contributed by atoms with E-state index in [-0.39, 0.29) is 12.1 Å². The first-order valence-corrected chi connectivity index (χ1v) is 10.0. The zero-order valence-corrected chi connectivity index (χ0v) is 17.9. The molecular formula is C25H24F3NO3. The highest BCUT2D eigenvalue weighted by molar-refractivity contribution is 5.94. The summed E-state index contributed by atoms with van der Waals surface area (Å²) >= 11 is 0. The monoisotopic (exact) mass is 443 g/mol. The minimum atomic E-state index is -4.52. The van der Waals surface area contributed by atoms with Crippen molar-refractivity contribution < 1.29 is 27.4 Å². The minimum Gasteiger partial charge on any atom is -0.497 e. The summed E-state index contributed by atoms with van der Waals surface area (Å²) < 4.78 is 50.0. The molecule has 3 aromatic carbocycles. The Morgan fingerprint density at radius 2 is 1.62 bits per heavy atom. The molecule has 0 N–H and O–H groups in total. The lowest BCUT2D eigenvalue weighted by atomic mass is 10.1. The number of carbonyl (C=O) groups is 1. The largest absolute Gasteiger partial charge is 0.497 e. The van der Waals surface area contributed by atoms with Crippen LogP contribution in [0.5, 0.6) is 11.5 Å². The molecule has 0 aliphatic carbocycles. The van der Waals surface area contributed by atoms with Gasteiger partial charge in [-0.15, -0.1) is 0 Å². The van der Waals surface area contributed by atoms with Crippen molar-refractivity contribution in [2.75, 3.05) is 20.8 Å². The summed E-state index contributed by atoms with van der Waals surface area (Å²) in [6, 6.07) is 19.2. The number of nitrogens with zero attached hydrogens (tertiary/aromatic N) is 1. The molecule has 0 fully saturated rings. The highest BCUT2D eigenvalue weighted by atomic mass is 19.4. The van der Waals surface area contributed by atoms with Crippen LogP contribution in [0, 0.1) is 0 Å². The Labute approximate surface area is 185 Å². The van der Waals surface area contributed by atoms with E-state index in [1.165, 1.54) is 12.1 Å². The first-order valence-electron chi connectivity index (χ1n) is 10.0. The van der Waals surface area contributed by atoms with E-state index < -0.39 is 17.6 Å². The van der Waals surface area contributed by atoms with Crippen molar-refractivity contribution in [3.8, 4) is 11.5 Å². The molecule has 3 aromatic rings. The van der Waals surface area contributed by atoms with E-state index in [0.29, 0.717) is 24.5 Å². The third-order valence-electron chi connectivity index (χ3n) is 5.10. The smallest absolute Gasteiger partial charge is 0.416 e. The van der Waals surface area contributed by atoms with Crippen LogP contribution >= 0.6 is 0 Å². The number of amides is 1. The van der Waals surface area contributed by atoms with E-state index in [1.54, 1.807) is 31.3 Å². The van der Waals surface area contributed by atoms with Crippen molar-refractivity contribution in [3.05, 3.63) is 95.1 Å². The molecule has 0 aliphatic rings. The molecule has 4 nitrogen and oxygen atoms in total. The van der Waals surface area contributed by atoms with Gasteiger partial charge in [0.15, 0.2) is 0 Å². The standard InChI is InChI=1S/C25H24F3NO3/c1-31-22-12-10-18(11-13-22)17-29(15-14-19-6-3-4-9-23(19)32-2)24(30)20-7-5-8-21(16-20)25(26,27)28/h3-13,16H,14-15,17H2,1-2H3. The summed E-state index contributed by atoms with van der Waals surface area (Å²) in [4.78, 5) is 14.8. The zero-order valence-electron chi connectivity index (χ0n) is 17.9. The number of para-hydroxylation sites is 1. The van der Waals surface area contributed by atoms with Crippen molar-refractivity contribution in [1.29, 1.82) is 0 Å². The van der Waals surface area contributed by atoms with E-state index in [2.05, 4.69) is 0 Å². The molecule has 1 amide bonds. The molecule has 0 radical (unpaired) electrons. The third kappa shape index (κ3) is 5.81. The number of hydrogen-bond donors (Lipinski definition) is 0. The fourth-order valence-corrected chi connectivity index (χ4v) is 3.38. The molecule has 32 heavy (non-hydrogen) atoms. The predicted octanol–water partition coefficient (Wildman–Crippen LogP) is 5.61. The lowest BCUT2D eigenvalue weighted by Crippen LogP contribution is -2.32. The van der Waals surface area contributed by atoms with Gasteiger partial charge in [0, 0.05) is 18.7 Å². The molecule has 0 saturated carbocycles. The Hall–Kier alpha value is -3.48. The summed E-state index contributed by atoms with van der Waals surface area (Å²) in [6.07, 6.45) is -4.03. The minimum absolute atomic E-state index is 0.00615. The Morgan fingerprint density at radius 3 is 2.28 bits per heavy atom. The number of alkyl halides is 3. The Morgan fingerprint density at radius 1 is 0.906 bits per heavy atom. The highest BCUT2D eigenvalue weighted by Gasteiger charge is 2.31. The molecular weight excluding hydrogens is 419 g/mol. The van der Waals surface area contributed by atoms with Gasteiger partial charge in [0.25, 0.3) is 5.91 Å². The van der Waals surface area contributed by atoms with Gasteiger partial charge in [-0.05, 0) is 53.9 Å². The normalized spacial score (nSPS) is 11.2. The maximum atomic E-state index is 13.2. The van der Waals surface area contributed by atoms with E-state index in [9.17, 15) is 18.0 Å². The molecule has 0 heterocycles. The molecule has 0 unspecified atom stereocenters. The average molecular weight is 443 g/mol. The summed E-state index contributed by atoms with van der Waals surface area (Å²) in [5.74, 6) is 0.906. The average Bonchev–Trinajstić information content (AvgIpc) is 2.81. The van der Waals surface area contributed by atoms with Gasteiger partial charge in [-0.1, -0.05) is 36.4 Å². The maximum Gasteiger partial charge on any atom is 0.416 e. The van der Waals surface area contributed by atoms with Crippen molar-refractivity contribution >= 4 is 5.91 Å². The first kappa shape index (κ1) is 23.2. The summed E-state index contributed by atoms with van der Waals surface area (Å²) in [5.41, 5.74) is 0.892. The van der Waals surface area contributed by atoms with Gasteiger partial charge in [-0.25, -0.2) is 0 Å². The van der Waals surface area contributed by atoms with Crippen LogP contribution in [0.3, 0.4) is 0 Å². The summed E-state index contributed by atoms with van der Waals surface area (Å²) in [6.45, 7) is 0.551. The number of methoxy groups -OCH3 is 2. The molecule has 3 rings (SSSR count). The lowest BCUT2D eigenvalue weighted by molar-refractivity contribution is -0.137. The van der Waals surface area contributed by atoms with E-state index >= 15 is 0 Å². The molecule has 7 heteroatoms. The topological polar surface area (TPSA) is 38.8 Å². The van der Waals surface area contributed by atoms with E-state index in [4.69, 9.17) is 9.47 Å². The quantitative estimate of drug-likeness (QED) is 0.454. The lowest BCUT2D eigenvalue weighted by Gasteiger charge is -2.24. The van der Waals surface area contributed by atoms with Crippen LogP contribution in [0.15, 0.2) is 72.8 Å². The number of rotatable bonds is 8. The number of ether oxygens (including phenoxy) is 2. The van der Waals surface area contributed by atoms with E-state index in [1.807, 2.05) is 36.4 Å². The predicted molar refractivity (Wildman–Crippen MR) is 116 cm³/mol. The molecule has 0 bridgehead atoms. The van der Waals surface area contributed by atoms with Gasteiger partial charge in [0.1, 0.15) is 11.5 Å². The van der Waals surface area contributed by atoms with Crippen LogP contribution in [0.25, 0.3) is 0 Å². The summed E-state index contributed by atoms with van der Waals surface area (Å²) in [7, 11) is 3.13. The number of carbonyl (C=O) groups excluding carboxylic acids is 1. The van der Waals surface area contributed by atoms with Crippen LogP contribution < -0.4 is 9.47 Å². The van der Waals surface area contributed by atoms with Gasteiger partial charge in [-0.3, -0.25) is 4.79 Å². The van der Waals surface area contributed by atoms with Crippen LogP contribution in [-0.4, -0.2) is 31.6 Å². The molecule has 0 aromatic heterocycles. The highest BCUT2D eigenvalue weighted by Crippen LogP contribution is 2.30. The van der Waals surface area contributed by atoms with Crippen LogP contribution in [0.1, 0.15) is 27.0 Å². The molecule has 168 valence electrons. The van der Waals surface area contributed by atoms with Crippen LogP contribution in [0.4, 0.5) is 13.2 Å². The Kier molecular flexibility index (Phi) is 7.41. The number of benzene rings is 3. The molecule has 0 saturated heterocycles. The maximum absolute atomic E-state index is 13.2. The molecule has 0 spiro atoms. The van der Waals surface area contributed by atoms with Gasteiger partial charge in [0.2, 0.25) is 0 Å². The number of hydrogen-bond acceptors (Lipinski definition) is 3. The zero-order chi connectivity index (χ0) is 23.1. The fraction of sp³-hybridized carbons (Fsp3) is 0.240. The van der Waals surface area contributed by atoms with Crippen molar-refractivity contribution in [3.63, 3.8) is 0 Å². The van der Waals surface area contributed by atoms with Crippen LogP contribution in [-0.2, 0) is 19.1 Å². The number of halogens is 3. The summed E-state index contributed by atoms with van der Waals surface area (Å²) in [5, 5.41) is 0. The van der Waals surface area contributed by atoms with Gasteiger partial charge >= 0.3 is 6.18 Å². The molecule has 0 aliphatic heterocycles. The van der Waals surface area contributed by atoms with Crippen molar-refractivity contribution in [2.45, 2.75) is 19.1 Å². The van der Waals surface area contributed by atoms with Crippen molar-refractivity contribution in [1.82, 2.24) is 4.90 Å². The Bertz CT molecular complexity index is 1050. The second kappa shape index (κ2) is 10.2. The van der Waals surface area contributed by atoms with Gasteiger partial charge in [-0.2, -0.15) is 13.2 Å². The third-order valence-corrected chi connectivity index (χ3v) is 5.10. The SMILES string of the molecule is COc1ccc(CN(CCc2ccccc2OC)C(=O)c2cccc(C(F)(F)F)c2)cc1. The van der Waals surface area contributed by atoms with Gasteiger partial charge < -0.3 is 14.4 Å². The van der Waals surface area contributed by atoms with Gasteiger partial charge in [0.05, 0.1) is 19.8 Å².